The van der Waals surface area contributed by atoms with E-state index in [1.165, 1.54) is 0 Å². The van der Waals surface area contributed by atoms with E-state index in [1.54, 1.807) is 18.9 Å². The van der Waals surface area contributed by atoms with E-state index in [2.05, 4.69) is 5.32 Å². The molecule has 1 aliphatic carbocycles. The number of hydrogen-bond acceptors (Lipinski definition) is 4. The fourth-order valence-corrected chi connectivity index (χ4v) is 3.44. The summed E-state index contributed by atoms with van der Waals surface area (Å²) in [6, 6.07) is 17.8. The summed E-state index contributed by atoms with van der Waals surface area (Å²) < 4.78 is 10.9. The zero-order chi connectivity index (χ0) is 17.5. The molecule has 1 saturated carbocycles. The van der Waals surface area contributed by atoms with E-state index in [0.717, 1.165) is 35.7 Å². The number of ether oxygens (including phenoxy) is 2. The van der Waals surface area contributed by atoms with Gasteiger partial charge in [0.1, 0.15) is 16.7 Å². The molecule has 25 heavy (non-hydrogen) atoms. The van der Waals surface area contributed by atoms with Gasteiger partial charge >= 0.3 is 0 Å². The van der Waals surface area contributed by atoms with Crippen molar-refractivity contribution in [1.82, 2.24) is 5.32 Å². The number of thioether (sulfide) groups is 1. The van der Waals surface area contributed by atoms with Gasteiger partial charge in [0.2, 0.25) is 5.91 Å². The number of methoxy groups -OCH3 is 1. The first-order valence-electron chi connectivity index (χ1n) is 8.50. The SMILES string of the molecule is COc1ccc(OCCSC(C(=O)NC2CC2)c2ccccc2)cc1. The molecule has 1 aliphatic rings. The number of nitrogens with one attached hydrogen (secondary N) is 1. The molecule has 1 N–H and O–H groups in total. The molecular formula is C20H23NO3S. The maximum absolute atomic E-state index is 12.5. The van der Waals surface area contributed by atoms with Crippen LogP contribution in [0, 0.1) is 0 Å². The van der Waals surface area contributed by atoms with Gasteiger partial charge in [0.25, 0.3) is 0 Å². The maximum Gasteiger partial charge on any atom is 0.237 e. The van der Waals surface area contributed by atoms with Crippen molar-refractivity contribution in [1.29, 1.82) is 0 Å². The number of rotatable bonds is 9. The lowest BCUT2D eigenvalue weighted by molar-refractivity contribution is -0.120. The topological polar surface area (TPSA) is 47.6 Å². The van der Waals surface area contributed by atoms with E-state index in [0.29, 0.717) is 12.6 Å². The Hall–Kier alpha value is -2.14. The molecule has 0 saturated heterocycles. The molecule has 4 nitrogen and oxygen atoms in total. The average molecular weight is 357 g/mol. The van der Waals surface area contributed by atoms with Crippen LogP contribution in [-0.4, -0.2) is 31.4 Å². The summed E-state index contributed by atoms with van der Waals surface area (Å²) in [5.41, 5.74) is 1.04. The lowest BCUT2D eigenvalue weighted by Gasteiger charge is -2.17. The van der Waals surface area contributed by atoms with E-state index in [9.17, 15) is 4.79 Å². The van der Waals surface area contributed by atoms with Crippen LogP contribution < -0.4 is 14.8 Å². The molecule has 2 aromatic rings. The van der Waals surface area contributed by atoms with Crippen LogP contribution in [0.1, 0.15) is 23.7 Å². The molecule has 0 heterocycles. The van der Waals surface area contributed by atoms with Gasteiger partial charge in [-0.25, -0.2) is 0 Å². The van der Waals surface area contributed by atoms with Crippen LogP contribution in [0.5, 0.6) is 11.5 Å². The molecule has 3 rings (SSSR count). The molecular weight excluding hydrogens is 334 g/mol. The van der Waals surface area contributed by atoms with Gasteiger partial charge < -0.3 is 14.8 Å². The fraction of sp³-hybridized carbons (Fsp3) is 0.350. The first kappa shape index (κ1) is 17.7. The molecule has 1 fully saturated rings. The molecule has 1 amide bonds. The van der Waals surface area contributed by atoms with E-state index in [1.807, 2.05) is 54.6 Å². The summed E-state index contributed by atoms with van der Waals surface area (Å²) in [4.78, 5) is 12.5. The lowest BCUT2D eigenvalue weighted by Crippen LogP contribution is -2.30. The zero-order valence-corrected chi connectivity index (χ0v) is 15.1. The number of benzene rings is 2. The Morgan fingerprint density at radius 3 is 2.44 bits per heavy atom. The predicted octanol–water partition coefficient (Wildman–Crippen LogP) is 3.83. The second-order valence-electron chi connectivity index (χ2n) is 5.97. The molecule has 0 bridgehead atoms. The van der Waals surface area contributed by atoms with Gasteiger partial charge in [0.05, 0.1) is 13.7 Å². The fourth-order valence-electron chi connectivity index (χ4n) is 2.45. The molecule has 0 radical (unpaired) electrons. The Morgan fingerprint density at radius 2 is 1.80 bits per heavy atom. The third kappa shape index (κ3) is 5.43. The first-order valence-corrected chi connectivity index (χ1v) is 9.55. The maximum atomic E-state index is 12.5. The Balaban J connectivity index is 1.52. The smallest absolute Gasteiger partial charge is 0.237 e. The summed E-state index contributed by atoms with van der Waals surface area (Å²) >= 11 is 1.62. The molecule has 1 atom stereocenters. The second-order valence-corrected chi connectivity index (χ2v) is 7.18. The minimum absolute atomic E-state index is 0.100. The minimum Gasteiger partial charge on any atom is -0.497 e. The van der Waals surface area contributed by atoms with Crippen LogP contribution >= 0.6 is 11.8 Å². The van der Waals surface area contributed by atoms with Crippen molar-refractivity contribution in [2.75, 3.05) is 19.5 Å². The van der Waals surface area contributed by atoms with Crippen molar-refractivity contribution in [2.24, 2.45) is 0 Å². The van der Waals surface area contributed by atoms with E-state index >= 15 is 0 Å². The monoisotopic (exact) mass is 357 g/mol. The van der Waals surface area contributed by atoms with E-state index in [-0.39, 0.29) is 11.2 Å². The standard InChI is InChI=1S/C20H23NO3S/c1-23-17-9-11-18(12-10-17)24-13-14-25-19(15-5-3-2-4-6-15)20(22)21-16-7-8-16/h2-6,9-12,16,19H,7-8,13-14H2,1H3,(H,21,22). The van der Waals surface area contributed by atoms with Crippen molar-refractivity contribution in [3.05, 3.63) is 60.2 Å². The van der Waals surface area contributed by atoms with Crippen LogP contribution in [0.3, 0.4) is 0 Å². The third-order valence-electron chi connectivity index (χ3n) is 3.96. The quantitative estimate of drug-likeness (QED) is 0.693. The zero-order valence-electron chi connectivity index (χ0n) is 14.3. The van der Waals surface area contributed by atoms with Gasteiger partial charge in [0, 0.05) is 11.8 Å². The molecule has 5 heteroatoms. The minimum atomic E-state index is -0.193. The highest BCUT2D eigenvalue weighted by Crippen LogP contribution is 2.31. The number of carbonyl (C=O) groups excluding carboxylic acids is 1. The predicted molar refractivity (Wildman–Crippen MR) is 101 cm³/mol. The summed E-state index contributed by atoms with van der Waals surface area (Å²) in [7, 11) is 1.64. The number of amides is 1. The van der Waals surface area contributed by atoms with Crippen LogP contribution in [-0.2, 0) is 4.79 Å². The highest BCUT2D eigenvalue weighted by atomic mass is 32.2. The molecule has 1 unspecified atom stereocenters. The number of hydrogen-bond donors (Lipinski definition) is 1. The lowest BCUT2D eigenvalue weighted by atomic mass is 10.1. The second kappa shape index (κ2) is 8.81. The molecule has 0 aromatic heterocycles. The molecule has 0 aliphatic heterocycles. The highest BCUT2D eigenvalue weighted by Gasteiger charge is 2.28. The van der Waals surface area contributed by atoms with Gasteiger partial charge in [-0.3, -0.25) is 4.79 Å². The Morgan fingerprint density at radius 1 is 1.12 bits per heavy atom. The van der Waals surface area contributed by atoms with E-state index in [4.69, 9.17) is 9.47 Å². The Kier molecular flexibility index (Phi) is 6.23. The van der Waals surface area contributed by atoms with Gasteiger partial charge in [-0.2, -0.15) is 0 Å². The van der Waals surface area contributed by atoms with Crippen molar-refractivity contribution >= 4 is 17.7 Å². The molecule has 2 aromatic carbocycles. The summed E-state index contributed by atoms with van der Waals surface area (Å²) in [5, 5.41) is 2.92. The largest absolute Gasteiger partial charge is 0.497 e. The van der Waals surface area contributed by atoms with E-state index < -0.39 is 0 Å². The van der Waals surface area contributed by atoms with Crippen molar-refractivity contribution < 1.29 is 14.3 Å². The van der Waals surface area contributed by atoms with Crippen molar-refractivity contribution in [2.45, 2.75) is 24.1 Å². The number of carbonyl (C=O) groups is 1. The Labute approximate surface area is 152 Å². The molecule has 132 valence electrons. The van der Waals surface area contributed by atoms with Gasteiger partial charge in [0.15, 0.2) is 0 Å². The summed E-state index contributed by atoms with van der Waals surface area (Å²) in [5.74, 6) is 2.45. The van der Waals surface area contributed by atoms with Gasteiger partial charge in [-0.1, -0.05) is 30.3 Å². The first-order chi connectivity index (χ1) is 12.3. The third-order valence-corrected chi connectivity index (χ3v) is 5.18. The van der Waals surface area contributed by atoms with Crippen LogP contribution in [0.25, 0.3) is 0 Å². The van der Waals surface area contributed by atoms with Crippen LogP contribution in [0.2, 0.25) is 0 Å². The van der Waals surface area contributed by atoms with Gasteiger partial charge in [-0.05, 0) is 42.7 Å². The highest BCUT2D eigenvalue weighted by molar-refractivity contribution is 8.00. The Bertz CT molecular complexity index is 671. The van der Waals surface area contributed by atoms with Crippen molar-refractivity contribution in [3.63, 3.8) is 0 Å². The summed E-state index contributed by atoms with van der Waals surface area (Å²) in [6.07, 6.45) is 2.19. The van der Waals surface area contributed by atoms with Crippen molar-refractivity contribution in [3.8, 4) is 11.5 Å². The molecule has 0 spiro atoms. The van der Waals surface area contributed by atoms with Crippen LogP contribution in [0.4, 0.5) is 0 Å². The summed E-state index contributed by atoms with van der Waals surface area (Å²) in [6.45, 7) is 0.553. The normalized spacial score (nSPS) is 14.6. The van der Waals surface area contributed by atoms with Gasteiger partial charge in [-0.15, -0.1) is 11.8 Å². The average Bonchev–Trinajstić information content (AvgIpc) is 3.47. The van der Waals surface area contributed by atoms with Crippen LogP contribution in [0.15, 0.2) is 54.6 Å².